The fourth-order valence-corrected chi connectivity index (χ4v) is 3.21. The van der Waals surface area contributed by atoms with E-state index in [2.05, 4.69) is 22.3 Å². The van der Waals surface area contributed by atoms with E-state index in [1.807, 2.05) is 23.1 Å². The standard InChI is InChI=1S/C18H25N5O2/c1-2-18(14-24)7-11-22(12-8-18)17(25)21-16-6-10-20-23(16)13-15-5-3-4-9-19-15/h3-6,9-10,24H,2,7-8,11-14H2,1H3,(H,21,25). The molecule has 3 heterocycles. The van der Waals surface area contributed by atoms with Crippen LogP contribution in [0.3, 0.4) is 0 Å². The summed E-state index contributed by atoms with van der Waals surface area (Å²) in [5, 5.41) is 16.8. The number of hydrogen-bond acceptors (Lipinski definition) is 4. The summed E-state index contributed by atoms with van der Waals surface area (Å²) in [7, 11) is 0. The lowest BCUT2D eigenvalue weighted by Crippen LogP contribution is -2.46. The van der Waals surface area contributed by atoms with Gasteiger partial charge in [0.25, 0.3) is 0 Å². The van der Waals surface area contributed by atoms with Gasteiger partial charge < -0.3 is 10.0 Å². The molecule has 1 aliphatic rings. The van der Waals surface area contributed by atoms with Crippen molar-refractivity contribution in [2.75, 3.05) is 25.0 Å². The second-order valence-corrected chi connectivity index (χ2v) is 6.62. The van der Waals surface area contributed by atoms with Crippen molar-refractivity contribution in [3.8, 4) is 0 Å². The Kier molecular flexibility index (Phi) is 5.33. The monoisotopic (exact) mass is 343 g/mol. The second kappa shape index (κ2) is 7.65. The maximum absolute atomic E-state index is 12.6. The molecule has 7 nitrogen and oxygen atoms in total. The van der Waals surface area contributed by atoms with Gasteiger partial charge in [0.05, 0.1) is 18.4 Å². The Bertz CT molecular complexity index is 687. The molecule has 1 aliphatic heterocycles. The number of pyridine rings is 1. The molecular formula is C18H25N5O2. The molecule has 1 saturated heterocycles. The predicted molar refractivity (Wildman–Crippen MR) is 95.2 cm³/mol. The first-order chi connectivity index (χ1) is 12.2. The number of urea groups is 1. The summed E-state index contributed by atoms with van der Waals surface area (Å²) in [6.07, 6.45) is 6.02. The number of piperidine rings is 1. The van der Waals surface area contributed by atoms with Gasteiger partial charge in [-0.15, -0.1) is 0 Å². The third-order valence-electron chi connectivity index (χ3n) is 5.19. The number of aliphatic hydroxyl groups excluding tert-OH is 1. The van der Waals surface area contributed by atoms with Gasteiger partial charge in [-0.2, -0.15) is 5.10 Å². The van der Waals surface area contributed by atoms with E-state index in [0.29, 0.717) is 25.5 Å². The lowest BCUT2D eigenvalue weighted by molar-refractivity contribution is 0.0541. The van der Waals surface area contributed by atoms with E-state index < -0.39 is 0 Å². The summed E-state index contributed by atoms with van der Waals surface area (Å²) in [5.74, 6) is 0.658. The number of nitrogens with one attached hydrogen (secondary N) is 1. The van der Waals surface area contributed by atoms with Gasteiger partial charge in [-0.3, -0.25) is 10.3 Å². The molecule has 134 valence electrons. The van der Waals surface area contributed by atoms with Crippen LogP contribution in [0.5, 0.6) is 0 Å². The molecule has 1 fully saturated rings. The first-order valence-corrected chi connectivity index (χ1v) is 8.74. The molecule has 2 aromatic rings. The normalized spacial score (nSPS) is 16.6. The van der Waals surface area contributed by atoms with E-state index in [1.54, 1.807) is 23.1 Å². The number of carbonyl (C=O) groups is 1. The minimum Gasteiger partial charge on any atom is -0.396 e. The Labute approximate surface area is 147 Å². The molecule has 0 saturated carbocycles. The van der Waals surface area contributed by atoms with Crippen molar-refractivity contribution in [3.63, 3.8) is 0 Å². The number of aromatic nitrogens is 3. The highest BCUT2D eigenvalue weighted by Gasteiger charge is 2.34. The van der Waals surface area contributed by atoms with Crippen LogP contribution in [0.25, 0.3) is 0 Å². The lowest BCUT2D eigenvalue weighted by atomic mass is 9.77. The van der Waals surface area contributed by atoms with E-state index >= 15 is 0 Å². The van der Waals surface area contributed by atoms with E-state index in [9.17, 15) is 9.90 Å². The van der Waals surface area contributed by atoms with Crippen LogP contribution in [0, 0.1) is 5.41 Å². The van der Waals surface area contributed by atoms with Crippen molar-refractivity contribution in [2.24, 2.45) is 5.41 Å². The molecule has 2 amide bonds. The summed E-state index contributed by atoms with van der Waals surface area (Å²) in [5.41, 5.74) is 0.854. The average Bonchev–Trinajstić information content (AvgIpc) is 3.09. The zero-order valence-corrected chi connectivity index (χ0v) is 14.6. The largest absolute Gasteiger partial charge is 0.396 e. The summed E-state index contributed by atoms with van der Waals surface area (Å²) < 4.78 is 1.73. The molecule has 7 heteroatoms. The Hall–Kier alpha value is -2.41. The van der Waals surface area contributed by atoms with Gasteiger partial charge in [0.2, 0.25) is 0 Å². The summed E-state index contributed by atoms with van der Waals surface area (Å²) in [4.78, 5) is 18.7. The molecule has 0 unspecified atom stereocenters. The number of carbonyl (C=O) groups excluding carboxylic acids is 1. The highest BCUT2D eigenvalue weighted by atomic mass is 16.3. The fraction of sp³-hybridized carbons (Fsp3) is 0.500. The van der Waals surface area contributed by atoms with E-state index in [4.69, 9.17) is 0 Å². The van der Waals surface area contributed by atoms with E-state index in [-0.39, 0.29) is 18.1 Å². The molecule has 0 bridgehead atoms. The molecular weight excluding hydrogens is 318 g/mol. The zero-order valence-electron chi connectivity index (χ0n) is 14.6. The molecule has 0 aliphatic carbocycles. The number of aliphatic hydroxyl groups is 1. The minimum absolute atomic E-state index is 0.0302. The summed E-state index contributed by atoms with van der Waals surface area (Å²) >= 11 is 0. The highest BCUT2D eigenvalue weighted by Crippen LogP contribution is 2.34. The van der Waals surface area contributed by atoms with Gasteiger partial charge in [-0.1, -0.05) is 13.0 Å². The van der Waals surface area contributed by atoms with Crippen molar-refractivity contribution >= 4 is 11.8 Å². The van der Waals surface area contributed by atoms with Crippen LogP contribution < -0.4 is 5.32 Å². The first kappa shape index (κ1) is 17.4. The van der Waals surface area contributed by atoms with E-state index in [1.165, 1.54) is 0 Å². The van der Waals surface area contributed by atoms with Crippen molar-refractivity contribution < 1.29 is 9.90 Å². The van der Waals surface area contributed by atoms with Gasteiger partial charge in [-0.25, -0.2) is 9.48 Å². The van der Waals surface area contributed by atoms with Gasteiger partial charge in [0, 0.05) is 32.0 Å². The van der Waals surface area contributed by atoms with Crippen molar-refractivity contribution in [1.82, 2.24) is 19.7 Å². The maximum Gasteiger partial charge on any atom is 0.322 e. The molecule has 3 rings (SSSR count). The predicted octanol–water partition coefficient (Wildman–Crippen LogP) is 2.34. The SMILES string of the molecule is CCC1(CO)CCN(C(=O)Nc2ccnn2Cc2ccccn2)CC1. The number of rotatable bonds is 5. The van der Waals surface area contributed by atoms with Crippen LogP contribution >= 0.6 is 0 Å². The van der Waals surface area contributed by atoms with Crippen LogP contribution in [0.4, 0.5) is 10.6 Å². The van der Waals surface area contributed by atoms with Gasteiger partial charge >= 0.3 is 6.03 Å². The number of nitrogens with zero attached hydrogens (tertiary/aromatic N) is 4. The van der Waals surface area contributed by atoms with Gasteiger partial charge in [-0.05, 0) is 36.8 Å². The average molecular weight is 343 g/mol. The fourth-order valence-electron chi connectivity index (χ4n) is 3.21. The quantitative estimate of drug-likeness (QED) is 0.873. The maximum atomic E-state index is 12.6. The van der Waals surface area contributed by atoms with Crippen LogP contribution in [0.1, 0.15) is 31.9 Å². The molecule has 2 N–H and O–H groups in total. The Morgan fingerprint density at radius 2 is 2.08 bits per heavy atom. The van der Waals surface area contributed by atoms with Crippen molar-refractivity contribution in [2.45, 2.75) is 32.7 Å². The van der Waals surface area contributed by atoms with Crippen molar-refractivity contribution in [1.29, 1.82) is 0 Å². The third kappa shape index (κ3) is 3.99. The molecule has 0 atom stereocenters. The number of amides is 2. The smallest absolute Gasteiger partial charge is 0.322 e. The number of anilines is 1. The van der Waals surface area contributed by atoms with E-state index in [0.717, 1.165) is 25.0 Å². The number of likely N-dealkylation sites (tertiary alicyclic amines) is 1. The van der Waals surface area contributed by atoms with Gasteiger partial charge in [0.15, 0.2) is 0 Å². The molecule has 0 aromatic carbocycles. The molecule has 2 aromatic heterocycles. The minimum atomic E-state index is -0.120. The summed E-state index contributed by atoms with van der Waals surface area (Å²) in [6.45, 7) is 4.12. The second-order valence-electron chi connectivity index (χ2n) is 6.62. The Morgan fingerprint density at radius 3 is 2.72 bits per heavy atom. The Balaban J connectivity index is 1.60. The first-order valence-electron chi connectivity index (χ1n) is 8.74. The number of hydrogen-bond donors (Lipinski definition) is 2. The van der Waals surface area contributed by atoms with Crippen molar-refractivity contribution in [3.05, 3.63) is 42.4 Å². The zero-order chi connectivity index (χ0) is 17.7. The molecule has 0 radical (unpaired) electrons. The molecule has 0 spiro atoms. The van der Waals surface area contributed by atoms with Crippen LogP contribution in [0.15, 0.2) is 36.7 Å². The van der Waals surface area contributed by atoms with Crippen LogP contribution in [-0.4, -0.2) is 50.5 Å². The Morgan fingerprint density at radius 1 is 1.28 bits per heavy atom. The van der Waals surface area contributed by atoms with Gasteiger partial charge in [0.1, 0.15) is 5.82 Å². The van der Waals surface area contributed by atoms with Crippen LogP contribution in [0.2, 0.25) is 0 Å². The third-order valence-corrected chi connectivity index (χ3v) is 5.19. The summed E-state index contributed by atoms with van der Waals surface area (Å²) in [6, 6.07) is 7.39. The highest BCUT2D eigenvalue weighted by molar-refractivity contribution is 5.88. The lowest BCUT2D eigenvalue weighted by Gasteiger charge is -2.40. The topological polar surface area (TPSA) is 83.3 Å². The van der Waals surface area contributed by atoms with Crippen LogP contribution in [-0.2, 0) is 6.54 Å². The molecule has 25 heavy (non-hydrogen) atoms.